The van der Waals surface area contributed by atoms with Crippen molar-refractivity contribution < 1.29 is 14.6 Å². The summed E-state index contributed by atoms with van der Waals surface area (Å²) >= 11 is 0. The van der Waals surface area contributed by atoms with Gasteiger partial charge in [0.25, 0.3) is 0 Å². The highest BCUT2D eigenvalue weighted by atomic mass is 16.5. The second-order valence-electron chi connectivity index (χ2n) is 4.66. The molecule has 1 unspecified atom stereocenters. The molecule has 0 spiro atoms. The van der Waals surface area contributed by atoms with Gasteiger partial charge in [0.1, 0.15) is 5.75 Å². The first-order valence-electron chi connectivity index (χ1n) is 6.11. The van der Waals surface area contributed by atoms with Crippen molar-refractivity contribution in [2.75, 3.05) is 7.11 Å². The Kier molecular flexibility index (Phi) is 5.16. The molecule has 1 atom stereocenters. The highest BCUT2D eigenvalue weighted by Crippen LogP contribution is 2.33. The molecule has 3 N–H and O–H groups in total. The third kappa shape index (κ3) is 3.47. The minimum absolute atomic E-state index is 0.0793. The van der Waals surface area contributed by atoms with Gasteiger partial charge in [0.15, 0.2) is 0 Å². The molecule has 0 bridgehead atoms. The van der Waals surface area contributed by atoms with Gasteiger partial charge in [-0.2, -0.15) is 0 Å². The van der Waals surface area contributed by atoms with Crippen LogP contribution in [0.1, 0.15) is 49.8 Å². The number of benzene rings is 1. The van der Waals surface area contributed by atoms with Crippen LogP contribution in [0.25, 0.3) is 0 Å². The lowest BCUT2D eigenvalue weighted by Gasteiger charge is -2.20. The van der Waals surface area contributed by atoms with Crippen LogP contribution < -0.4 is 10.5 Å². The van der Waals surface area contributed by atoms with Crippen molar-refractivity contribution in [2.24, 2.45) is 5.73 Å². The molecule has 0 radical (unpaired) electrons. The van der Waals surface area contributed by atoms with Crippen LogP contribution >= 0.6 is 0 Å². The average Bonchev–Trinajstić information content (AvgIpc) is 2.34. The summed E-state index contributed by atoms with van der Waals surface area (Å²) in [5, 5.41) is 8.71. The molecule has 0 aliphatic rings. The predicted molar refractivity (Wildman–Crippen MR) is 70.9 cm³/mol. The molecular weight excluding hydrogens is 230 g/mol. The lowest BCUT2D eigenvalue weighted by atomic mass is 9.90. The normalized spacial score (nSPS) is 12.5. The molecule has 100 valence electrons. The van der Waals surface area contributed by atoms with Gasteiger partial charge in [-0.3, -0.25) is 4.79 Å². The summed E-state index contributed by atoms with van der Waals surface area (Å²) in [6.07, 6.45) is 0.512. The van der Waals surface area contributed by atoms with E-state index in [0.717, 1.165) is 16.9 Å². The molecule has 4 heteroatoms. The van der Waals surface area contributed by atoms with Crippen LogP contribution in [0, 0.1) is 0 Å². The predicted octanol–water partition coefficient (Wildman–Crippen LogP) is 2.68. The number of carbonyl (C=O) groups is 1. The Labute approximate surface area is 108 Å². The van der Waals surface area contributed by atoms with Gasteiger partial charge >= 0.3 is 5.97 Å². The third-order valence-electron chi connectivity index (χ3n) is 2.97. The van der Waals surface area contributed by atoms with E-state index in [1.165, 1.54) is 0 Å². The lowest BCUT2D eigenvalue weighted by Crippen LogP contribution is -2.15. The Hall–Kier alpha value is -1.55. The SMILES string of the molecule is COc1cccc(C(N)CCC(=O)O)c1C(C)C. The maximum atomic E-state index is 10.6. The van der Waals surface area contributed by atoms with Crippen LogP contribution in [0.4, 0.5) is 0 Å². The minimum Gasteiger partial charge on any atom is -0.496 e. The summed E-state index contributed by atoms with van der Waals surface area (Å²) in [6.45, 7) is 4.15. The van der Waals surface area contributed by atoms with Crippen molar-refractivity contribution in [3.8, 4) is 5.75 Å². The standard InChI is InChI=1S/C14H21NO3/c1-9(2)14-10(5-4-6-12(14)18-3)11(15)7-8-13(16)17/h4-6,9,11H,7-8,15H2,1-3H3,(H,16,17). The van der Waals surface area contributed by atoms with Crippen LogP contribution in [-0.4, -0.2) is 18.2 Å². The van der Waals surface area contributed by atoms with Crippen LogP contribution in [0.5, 0.6) is 5.75 Å². The number of carboxylic acid groups (broad SMARTS) is 1. The Bertz CT molecular complexity index is 416. The zero-order chi connectivity index (χ0) is 13.7. The maximum Gasteiger partial charge on any atom is 0.303 e. The van der Waals surface area contributed by atoms with E-state index < -0.39 is 5.97 Å². The summed E-state index contributed by atoms with van der Waals surface area (Å²) in [4.78, 5) is 10.6. The average molecular weight is 251 g/mol. The molecule has 18 heavy (non-hydrogen) atoms. The summed E-state index contributed by atoms with van der Waals surface area (Å²) < 4.78 is 5.35. The zero-order valence-corrected chi connectivity index (χ0v) is 11.1. The summed E-state index contributed by atoms with van der Waals surface area (Å²) in [5.41, 5.74) is 8.13. The van der Waals surface area contributed by atoms with Crippen molar-refractivity contribution in [3.05, 3.63) is 29.3 Å². The van der Waals surface area contributed by atoms with E-state index in [4.69, 9.17) is 15.6 Å². The van der Waals surface area contributed by atoms with Gasteiger partial charge in [-0.05, 0) is 24.0 Å². The minimum atomic E-state index is -0.820. The van der Waals surface area contributed by atoms with Gasteiger partial charge in [-0.25, -0.2) is 0 Å². The second kappa shape index (κ2) is 6.40. The molecule has 0 aliphatic heterocycles. The Morgan fingerprint density at radius 3 is 2.61 bits per heavy atom. The molecule has 0 saturated carbocycles. The molecule has 4 nitrogen and oxygen atoms in total. The molecule has 1 aromatic carbocycles. The number of hydrogen-bond donors (Lipinski definition) is 2. The number of methoxy groups -OCH3 is 1. The van der Waals surface area contributed by atoms with Gasteiger partial charge in [0.05, 0.1) is 7.11 Å². The Morgan fingerprint density at radius 1 is 1.44 bits per heavy atom. The topological polar surface area (TPSA) is 72.5 Å². The number of aliphatic carboxylic acids is 1. The summed E-state index contributed by atoms with van der Waals surface area (Å²) in [6, 6.07) is 5.47. The molecule has 0 amide bonds. The largest absolute Gasteiger partial charge is 0.496 e. The van der Waals surface area contributed by atoms with Crippen LogP contribution in [0.2, 0.25) is 0 Å². The fourth-order valence-corrected chi connectivity index (χ4v) is 2.11. The van der Waals surface area contributed by atoms with E-state index >= 15 is 0 Å². The van der Waals surface area contributed by atoms with E-state index in [2.05, 4.69) is 13.8 Å². The fourth-order valence-electron chi connectivity index (χ4n) is 2.11. The molecule has 0 aliphatic carbocycles. The van der Waals surface area contributed by atoms with Crippen molar-refractivity contribution >= 4 is 5.97 Å². The molecule has 0 aromatic heterocycles. The van der Waals surface area contributed by atoms with Gasteiger partial charge in [-0.1, -0.05) is 26.0 Å². The second-order valence-corrected chi connectivity index (χ2v) is 4.66. The van der Waals surface area contributed by atoms with E-state index in [1.807, 2.05) is 18.2 Å². The number of nitrogens with two attached hydrogens (primary N) is 1. The van der Waals surface area contributed by atoms with Crippen molar-refractivity contribution in [1.29, 1.82) is 0 Å². The molecule has 0 fully saturated rings. The lowest BCUT2D eigenvalue weighted by molar-refractivity contribution is -0.137. The van der Waals surface area contributed by atoms with E-state index in [1.54, 1.807) is 7.11 Å². The first-order chi connectivity index (χ1) is 8.47. The fraction of sp³-hybridized carbons (Fsp3) is 0.500. The summed E-state index contributed by atoms with van der Waals surface area (Å²) in [5.74, 6) is 0.278. The van der Waals surface area contributed by atoms with Gasteiger partial charge in [-0.15, -0.1) is 0 Å². The van der Waals surface area contributed by atoms with Gasteiger partial charge in [0, 0.05) is 18.0 Å². The zero-order valence-electron chi connectivity index (χ0n) is 11.1. The first kappa shape index (κ1) is 14.5. The third-order valence-corrected chi connectivity index (χ3v) is 2.97. The molecular formula is C14H21NO3. The van der Waals surface area contributed by atoms with Crippen molar-refractivity contribution in [1.82, 2.24) is 0 Å². The quantitative estimate of drug-likeness (QED) is 0.815. The van der Waals surface area contributed by atoms with E-state index in [9.17, 15) is 4.79 Å². The maximum absolute atomic E-state index is 10.6. The van der Waals surface area contributed by atoms with Gasteiger partial charge < -0.3 is 15.6 Å². The first-order valence-corrected chi connectivity index (χ1v) is 6.11. The Balaban J connectivity index is 3.03. The Morgan fingerprint density at radius 2 is 2.11 bits per heavy atom. The number of carboxylic acids is 1. The van der Waals surface area contributed by atoms with Crippen LogP contribution in [0.3, 0.4) is 0 Å². The smallest absolute Gasteiger partial charge is 0.303 e. The highest BCUT2D eigenvalue weighted by Gasteiger charge is 2.18. The number of rotatable bonds is 6. The summed E-state index contributed by atoms with van der Waals surface area (Å²) in [7, 11) is 1.63. The number of ether oxygens (including phenoxy) is 1. The molecule has 0 saturated heterocycles. The molecule has 1 rings (SSSR count). The molecule has 1 aromatic rings. The van der Waals surface area contributed by atoms with Crippen molar-refractivity contribution in [2.45, 2.75) is 38.6 Å². The van der Waals surface area contributed by atoms with Gasteiger partial charge in [0.2, 0.25) is 0 Å². The molecule has 0 heterocycles. The van der Waals surface area contributed by atoms with Crippen LogP contribution in [0.15, 0.2) is 18.2 Å². The van der Waals surface area contributed by atoms with Crippen molar-refractivity contribution in [3.63, 3.8) is 0 Å². The number of hydrogen-bond acceptors (Lipinski definition) is 3. The monoisotopic (exact) mass is 251 g/mol. The van der Waals surface area contributed by atoms with Crippen LogP contribution in [-0.2, 0) is 4.79 Å². The highest BCUT2D eigenvalue weighted by molar-refractivity contribution is 5.66. The van der Waals surface area contributed by atoms with E-state index in [-0.39, 0.29) is 18.4 Å². The van der Waals surface area contributed by atoms with E-state index in [0.29, 0.717) is 6.42 Å².